The number of ether oxygens (including phenoxy) is 1. The molecule has 0 aliphatic carbocycles. The normalized spacial score (nSPS) is 11.8. The number of rotatable bonds is 6. The number of amides is 1. The Morgan fingerprint density at radius 3 is 2.62 bits per heavy atom. The van der Waals surface area contributed by atoms with Gasteiger partial charge in [-0.15, -0.1) is 0 Å². The van der Waals surface area contributed by atoms with Crippen molar-refractivity contribution in [2.24, 2.45) is 0 Å². The Morgan fingerprint density at radius 1 is 1.19 bits per heavy atom. The molecule has 0 aromatic heterocycles. The minimum absolute atomic E-state index is 0.0773. The summed E-state index contributed by atoms with van der Waals surface area (Å²) in [6.45, 7) is 3.32. The Morgan fingerprint density at radius 2 is 1.92 bits per heavy atom. The van der Waals surface area contributed by atoms with Gasteiger partial charge in [-0.25, -0.2) is 4.79 Å². The maximum atomic E-state index is 12.1. The highest BCUT2D eigenvalue weighted by Crippen LogP contribution is 2.15. The van der Waals surface area contributed by atoms with E-state index in [0.717, 1.165) is 11.6 Å². The summed E-state index contributed by atoms with van der Waals surface area (Å²) >= 11 is 0. The summed E-state index contributed by atoms with van der Waals surface area (Å²) < 4.78 is 5.05. The fourth-order valence-electron chi connectivity index (χ4n) is 2.12. The lowest BCUT2D eigenvalue weighted by atomic mass is 10.2. The highest BCUT2D eigenvalue weighted by Gasteiger charge is 2.17. The minimum Gasteiger partial charge on any atom is -0.449 e. The van der Waals surface area contributed by atoms with Gasteiger partial charge in [-0.1, -0.05) is 30.3 Å². The molecule has 2 aromatic rings. The second-order valence-electron chi connectivity index (χ2n) is 5.57. The van der Waals surface area contributed by atoms with Crippen LogP contribution in [0.3, 0.4) is 0 Å². The van der Waals surface area contributed by atoms with Gasteiger partial charge in [0.15, 0.2) is 6.10 Å². The number of nitrogens with one attached hydrogen (secondary N) is 1. The third-order valence-corrected chi connectivity index (χ3v) is 3.56. The van der Waals surface area contributed by atoms with E-state index in [2.05, 4.69) is 5.32 Å². The first-order chi connectivity index (χ1) is 12.4. The van der Waals surface area contributed by atoms with Crippen LogP contribution in [-0.2, 0) is 14.3 Å². The number of anilines is 1. The summed E-state index contributed by atoms with van der Waals surface area (Å²) in [5, 5.41) is 13.4. The monoisotopic (exact) mass is 354 g/mol. The molecule has 1 N–H and O–H groups in total. The summed E-state index contributed by atoms with van der Waals surface area (Å²) in [6.07, 6.45) is 1.52. The second-order valence-corrected chi connectivity index (χ2v) is 5.57. The van der Waals surface area contributed by atoms with Crippen LogP contribution in [0.5, 0.6) is 0 Å². The number of hydrogen-bond donors (Lipinski definition) is 1. The van der Waals surface area contributed by atoms with E-state index in [9.17, 15) is 19.7 Å². The quantitative estimate of drug-likeness (QED) is 0.370. The van der Waals surface area contributed by atoms with E-state index in [4.69, 9.17) is 4.74 Å². The van der Waals surface area contributed by atoms with Gasteiger partial charge in [-0.3, -0.25) is 14.9 Å². The number of aryl methyl sites for hydroxylation is 1. The van der Waals surface area contributed by atoms with Crippen molar-refractivity contribution in [3.05, 3.63) is 75.8 Å². The lowest BCUT2D eigenvalue weighted by Gasteiger charge is -2.13. The van der Waals surface area contributed by atoms with E-state index < -0.39 is 22.9 Å². The first-order valence-electron chi connectivity index (χ1n) is 7.86. The SMILES string of the molecule is Cc1ccccc1NC(=O)C(C)OC(=O)C=Cc1cccc([N+](=O)[O-])c1. The summed E-state index contributed by atoms with van der Waals surface area (Å²) in [4.78, 5) is 34.2. The maximum Gasteiger partial charge on any atom is 0.331 e. The van der Waals surface area contributed by atoms with Gasteiger partial charge >= 0.3 is 5.97 Å². The fourth-order valence-corrected chi connectivity index (χ4v) is 2.12. The molecule has 0 saturated heterocycles. The average Bonchev–Trinajstić information content (AvgIpc) is 2.62. The van der Waals surface area contributed by atoms with Gasteiger partial charge in [-0.05, 0) is 37.1 Å². The summed E-state index contributed by atoms with van der Waals surface area (Å²) in [5.74, 6) is -1.17. The molecule has 134 valence electrons. The third-order valence-electron chi connectivity index (χ3n) is 3.56. The standard InChI is InChI=1S/C19H18N2O5/c1-13-6-3-4-9-17(13)20-19(23)14(2)26-18(22)11-10-15-7-5-8-16(12-15)21(24)25/h3-12,14H,1-2H3,(H,20,23). The van der Waals surface area contributed by atoms with Gasteiger partial charge in [0.05, 0.1) is 4.92 Å². The molecule has 2 aromatic carbocycles. The maximum absolute atomic E-state index is 12.1. The van der Waals surface area contributed by atoms with E-state index in [1.54, 1.807) is 18.2 Å². The number of nitro groups is 1. The molecule has 26 heavy (non-hydrogen) atoms. The van der Waals surface area contributed by atoms with Crippen molar-refractivity contribution in [1.82, 2.24) is 0 Å². The molecule has 0 radical (unpaired) electrons. The van der Waals surface area contributed by atoms with E-state index in [1.807, 2.05) is 19.1 Å². The fraction of sp³-hybridized carbons (Fsp3) is 0.158. The van der Waals surface area contributed by atoms with Crippen LogP contribution in [0.15, 0.2) is 54.6 Å². The van der Waals surface area contributed by atoms with E-state index in [1.165, 1.54) is 31.2 Å². The van der Waals surface area contributed by atoms with Crippen LogP contribution in [0.2, 0.25) is 0 Å². The number of nitrogens with zero attached hydrogens (tertiary/aromatic N) is 1. The zero-order chi connectivity index (χ0) is 19.1. The number of benzene rings is 2. The number of non-ortho nitro benzene ring substituents is 1. The molecule has 7 nitrogen and oxygen atoms in total. The topological polar surface area (TPSA) is 98.5 Å². The molecule has 0 saturated carbocycles. The Labute approximate surface area is 150 Å². The van der Waals surface area contributed by atoms with Gasteiger partial charge < -0.3 is 10.1 Å². The third kappa shape index (κ3) is 5.27. The van der Waals surface area contributed by atoms with Crippen LogP contribution in [0.25, 0.3) is 6.08 Å². The van der Waals surface area contributed by atoms with Crippen LogP contribution in [0.1, 0.15) is 18.1 Å². The second kappa shape index (κ2) is 8.57. The zero-order valence-electron chi connectivity index (χ0n) is 14.3. The van der Waals surface area contributed by atoms with Crippen molar-refractivity contribution < 1.29 is 19.2 Å². The van der Waals surface area contributed by atoms with E-state index >= 15 is 0 Å². The smallest absolute Gasteiger partial charge is 0.331 e. The lowest BCUT2D eigenvalue weighted by molar-refractivity contribution is -0.384. The van der Waals surface area contributed by atoms with Crippen LogP contribution < -0.4 is 5.32 Å². The molecule has 0 bridgehead atoms. The predicted octanol–water partition coefficient (Wildman–Crippen LogP) is 3.49. The molecule has 1 atom stereocenters. The first-order valence-corrected chi connectivity index (χ1v) is 7.86. The molecule has 1 unspecified atom stereocenters. The molecular weight excluding hydrogens is 336 g/mol. The van der Waals surface area contributed by atoms with Crippen molar-refractivity contribution in [3.63, 3.8) is 0 Å². The molecule has 7 heteroatoms. The number of para-hydroxylation sites is 1. The van der Waals surface area contributed by atoms with Crippen molar-refractivity contribution in [1.29, 1.82) is 0 Å². The van der Waals surface area contributed by atoms with E-state index in [-0.39, 0.29) is 5.69 Å². The molecular formula is C19H18N2O5. The van der Waals surface area contributed by atoms with Gasteiger partial charge in [0.2, 0.25) is 0 Å². The molecule has 0 aliphatic heterocycles. The summed E-state index contributed by atoms with van der Waals surface area (Å²) in [5.41, 5.74) is 1.94. The van der Waals surface area contributed by atoms with Crippen LogP contribution in [0, 0.1) is 17.0 Å². The first kappa shape index (κ1) is 18.9. The van der Waals surface area contributed by atoms with Crippen LogP contribution >= 0.6 is 0 Å². The molecule has 0 aliphatic rings. The average molecular weight is 354 g/mol. The molecule has 1 amide bonds. The number of nitro benzene ring substituents is 1. The van der Waals surface area contributed by atoms with Crippen LogP contribution in [0.4, 0.5) is 11.4 Å². The highest BCUT2D eigenvalue weighted by atomic mass is 16.6. The number of carbonyl (C=O) groups is 2. The van der Waals surface area contributed by atoms with Crippen molar-refractivity contribution in [2.45, 2.75) is 20.0 Å². The molecule has 0 fully saturated rings. The number of esters is 1. The molecule has 2 rings (SSSR count). The number of hydrogen-bond acceptors (Lipinski definition) is 5. The van der Waals surface area contributed by atoms with Gasteiger partial charge in [0, 0.05) is 23.9 Å². The van der Waals surface area contributed by atoms with Crippen molar-refractivity contribution in [2.75, 3.05) is 5.32 Å². The Hall–Kier alpha value is -3.48. The largest absolute Gasteiger partial charge is 0.449 e. The Balaban J connectivity index is 1.94. The predicted molar refractivity (Wildman–Crippen MR) is 97.5 cm³/mol. The van der Waals surface area contributed by atoms with Crippen molar-refractivity contribution >= 4 is 29.3 Å². The Kier molecular flexibility index (Phi) is 6.21. The van der Waals surface area contributed by atoms with Gasteiger partial charge in [0.25, 0.3) is 11.6 Å². The molecule has 0 spiro atoms. The van der Waals surface area contributed by atoms with E-state index in [0.29, 0.717) is 11.3 Å². The Bertz CT molecular complexity index is 861. The van der Waals surface area contributed by atoms with Gasteiger partial charge in [0.1, 0.15) is 0 Å². The highest BCUT2D eigenvalue weighted by molar-refractivity contribution is 5.97. The van der Waals surface area contributed by atoms with Crippen LogP contribution in [-0.4, -0.2) is 22.9 Å². The van der Waals surface area contributed by atoms with Gasteiger partial charge in [-0.2, -0.15) is 0 Å². The summed E-state index contributed by atoms with van der Waals surface area (Å²) in [6, 6.07) is 13.1. The minimum atomic E-state index is -0.989. The lowest BCUT2D eigenvalue weighted by Crippen LogP contribution is -2.29. The molecule has 0 heterocycles. The zero-order valence-corrected chi connectivity index (χ0v) is 14.3. The van der Waals surface area contributed by atoms with Crippen molar-refractivity contribution in [3.8, 4) is 0 Å². The summed E-state index contributed by atoms with van der Waals surface area (Å²) in [7, 11) is 0. The number of carbonyl (C=O) groups excluding carboxylic acids is 2.